The van der Waals surface area contributed by atoms with Gasteiger partial charge in [-0.3, -0.25) is 0 Å². The summed E-state index contributed by atoms with van der Waals surface area (Å²) in [6, 6.07) is 0. The van der Waals surface area contributed by atoms with E-state index in [0.29, 0.717) is 0 Å². The van der Waals surface area contributed by atoms with Gasteiger partial charge in [-0.15, -0.1) is 26.3 Å². The molecule has 0 atom stereocenters. The maximum absolute atomic E-state index is 11.7. The third-order valence-corrected chi connectivity index (χ3v) is 1.19. The highest BCUT2D eigenvalue weighted by Crippen LogP contribution is 2.24. The predicted octanol–water partition coefficient (Wildman–Crippen LogP) is 1.41. The Morgan fingerprint density at radius 2 is 1.00 bits per heavy atom. The van der Waals surface area contributed by atoms with Gasteiger partial charge in [0.2, 0.25) is 0 Å². The molecule has 0 radical (unpaired) electrons. The van der Waals surface area contributed by atoms with Crippen molar-refractivity contribution >= 4 is 14.0 Å². The van der Waals surface area contributed by atoms with Crippen molar-refractivity contribution in [2.75, 3.05) is 14.2 Å². The molecule has 0 aliphatic heterocycles. The van der Waals surface area contributed by atoms with Crippen LogP contribution >= 0.6 is 0 Å². The Hall–Kier alpha value is -0.450. The van der Waals surface area contributed by atoms with E-state index in [-0.39, 0.29) is 0 Å². The molecule has 16 heavy (non-hydrogen) atoms. The zero-order valence-corrected chi connectivity index (χ0v) is 8.06. The van der Waals surface area contributed by atoms with Crippen LogP contribution in [0.1, 0.15) is 0 Å². The van der Waals surface area contributed by atoms with Crippen LogP contribution in [-0.2, 0) is 18.6 Å². The molecule has 0 aliphatic rings. The maximum atomic E-state index is 11.7. The van der Waals surface area contributed by atoms with Crippen LogP contribution in [0.15, 0.2) is 0 Å². The number of halogens is 6. The van der Waals surface area contributed by atoms with Crippen LogP contribution in [0.3, 0.4) is 0 Å². The number of alkyl halides is 6. The van der Waals surface area contributed by atoms with Gasteiger partial charge >= 0.3 is 26.7 Å². The summed E-state index contributed by atoms with van der Waals surface area (Å²) < 4.78 is 84.9. The fourth-order valence-electron chi connectivity index (χ4n) is 0.717. The van der Waals surface area contributed by atoms with Gasteiger partial charge in [-0.2, -0.15) is 0 Å². The van der Waals surface area contributed by atoms with E-state index in [0.717, 1.165) is 14.2 Å². The van der Waals surface area contributed by atoms with Crippen LogP contribution in [0.2, 0.25) is 0 Å². The lowest BCUT2D eigenvalue weighted by atomic mass is 9.48. The lowest BCUT2D eigenvalue weighted by Crippen LogP contribution is -2.50. The summed E-state index contributed by atoms with van der Waals surface area (Å²) in [6.45, 7) is 0. The van der Waals surface area contributed by atoms with Gasteiger partial charge in [-0.05, 0) is 0 Å². The normalized spacial score (nSPS) is 12.8. The Bertz CT molecular complexity index is 188. The van der Waals surface area contributed by atoms with Crippen LogP contribution in [-0.4, -0.2) is 41.0 Å². The third-order valence-electron chi connectivity index (χ3n) is 1.19. The summed E-state index contributed by atoms with van der Waals surface area (Å²) in [6.07, 6.45) is -10.6. The van der Waals surface area contributed by atoms with Crippen molar-refractivity contribution in [2.45, 2.75) is 12.7 Å². The molecule has 0 aromatic rings. The highest BCUT2D eigenvalue weighted by atomic mass is 19.4. The van der Waals surface area contributed by atoms with E-state index in [9.17, 15) is 26.3 Å². The van der Waals surface area contributed by atoms with Crippen LogP contribution in [0.4, 0.5) is 26.3 Å². The van der Waals surface area contributed by atoms with Gasteiger partial charge in [0, 0.05) is 14.2 Å². The smallest absolute Gasteiger partial charge is 0.416 e. The van der Waals surface area contributed by atoms with Crippen LogP contribution in [0.25, 0.3) is 0 Å². The molecule has 0 heterocycles. The number of hydrogen-bond acceptors (Lipinski definition) is 4. The van der Waals surface area contributed by atoms with Crippen molar-refractivity contribution in [3.63, 3.8) is 0 Å². The standard InChI is InChI=1S/C4H6B2F6O4/c1-13-5(14-2)6(15-3(7,8)9)16-4(10,11)12/h1-2H3. The molecule has 12 heteroatoms. The molecule has 94 valence electrons. The molecule has 0 spiro atoms. The first-order chi connectivity index (χ1) is 7.09. The Labute approximate surface area is 87.0 Å². The van der Waals surface area contributed by atoms with Gasteiger partial charge in [-0.25, -0.2) is 0 Å². The lowest BCUT2D eigenvalue weighted by molar-refractivity contribution is -0.314. The molecule has 0 aromatic carbocycles. The molecule has 0 saturated carbocycles. The Balaban J connectivity index is 4.62. The summed E-state index contributed by atoms with van der Waals surface area (Å²) in [5.74, 6) is 0. The van der Waals surface area contributed by atoms with E-state index in [1.807, 2.05) is 0 Å². The summed E-state index contributed by atoms with van der Waals surface area (Å²) in [5.41, 5.74) is 0. The fourth-order valence-corrected chi connectivity index (χ4v) is 0.717. The van der Waals surface area contributed by atoms with E-state index >= 15 is 0 Å². The number of rotatable bonds is 5. The van der Waals surface area contributed by atoms with Gasteiger partial charge in [0.15, 0.2) is 0 Å². The van der Waals surface area contributed by atoms with Crippen molar-refractivity contribution in [1.29, 1.82) is 0 Å². The van der Waals surface area contributed by atoms with Crippen molar-refractivity contribution in [1.82, 2.24) is 0 Å². The fraction of sp³-hybridized carbons (Fsp3) is 1.00. The molecule has 0 aliphatic carbocycles. The first-order valence-electron chi connectivity index (χ1n) is 3.63. The van der Waals surface area contributed by atoms with Gasteiger partial charge in [-0.1, -0.05) is 0 Å². The molecule has 0 aromatic heterocycles. The second-order valence-electron chi connectivity index (χ2n) is 2.34. The lowest BCUT2D eigenvalue weighted by Gasteiger charge is -2.20. The third kappa shape index (κ3) is 6.93. The monoisotopic (exact) mass is 254 g/mol. The van der Waals surface area contributed by atoms with Crippen LogP contribution < -0.4 is 0 Å². The summed E-state index contributed by atoms with van der Waals surface area (Å²) in [4.78, 5) is 0. The molecule has 0 saturated heterocycles. The second-order valence-corrected chi connectivity index (χ2v) is 2.34. The van der Waals surface area contributed by atoms with Gasteiger partial charge in [0.25, 0.3) is 0 Å². The van der Waals surface area contributed by atoms with E-state index < -0.39 is 26.7 Å². The molecule has 0 fully saturated rings. The first-order valence-corrected chi connectivity index (χ1v) is 3.63. The molecule has 0 rings (SSSR count). The zero-order chi connectivity index (χ0) is 13.0. The number of hydrogen-bond donors (Lipinski definition) is 0. The average Bonchev–Trinajstić information content (AvgIpc) is 1.99. The van der Waals surface area contributed by atoms with Gasteiger partial charge in [0.1, 0.15) is 0 Å². The van der Waals surface area contributed by atoms with E-state index in [2.05, 4.69) is 18.6 Å². The molecule has 0 amide bonds. The minimum Gasteiger partial charge on any atom is -0.416 e. The van der Waals surface area contributed by atoms with Crippen molar-refractivity contribution in [2.24, 2.45) is 0 Å². The van der Waals surface area contributed by atoms with E-state index in [1.54, 1.807) is 0 Å². The summed E-state index contributed by atoms with van der Waals surface area (Å²) in [5, 5.41) is 0. The maximum Gasteiger partial charge on any atom is 0.510 e. The SMILES string of the molecule is COB(OC)B(OC(F)(F)F)OC(F)(F)F. The van der Waals surface area contributed by atoms with Crippen molar-refractivity contribution < 1.29 is 45.0 Å². The topological polar surface area (TPSA) is 36.9 Å². The van der Waals surface area contributed by atoms with Gasteiger partial charge < -0.3 is 18.6 Å². The Morgan fingerprint density at radius 1 is 0.688 bits per heavy atom. The van der Waals surface area contributed by atoms with Crippen molar-refractivity contribution in [3.8, 4) is 0 Å². The zero-order valence-electron chi connectivity index (χ0n) is 8.06. The van der Waals surface area contributed by atoms with E-state index in [4.69, 9.17) is 0 Å². The molecule has 0 bridgehead atoms. The van der Waals surface area contributed by atoms with E-state index in [1.165, 1.54) is 0 Å². The van der Waals surface area contributed by atoms with Gasteiger partial charge in [0.05, 0.1) is 0 Å². The highest BCUT2D eigenvalue weighted by molar-refractivity contribution is 7.10. The van der Waals surface area contributed by atoms with Crippen molar-refractivity contribution in [3.05, 3.63) is 0 Å². The first kappa shape index (κ1) is 15.5. The predicted molar refractivity (Wildman–Crippen MR) is 39.8 cm³/mol. The minimum absolute atomic E-state index is 0.834. The largest absolute Gasteiger partial charge is 0.510 e. The Kier molecular flexibility index (Phi) is 5.59. The molecule has 0 unspecified atom stereocenters. The average molecular weight is 254 g/mol. The molecule has 0 N–H and O–H groups in total. The second kappa shape index (κ2) is 5.75. The molecule has 4 nitrogen and oxygen atoms in total. The Morgan fingerprint density at radius 3 is 1.19 bits per heavy atom. The quantitative estimate of drug-likeness (QED) is 0.548. The van der Waals surface area contributed by atoms with Crippen LogP contribution in [0, 0.1) is 0 Å². The molecular formula is C4H6B2F6O4. The summed E-state index contributed by atoms with van der Waals surface area (Å²) >= 11 is 0. The van der Waals surface area contributed by atoms with Crippen LogP contribution in [0.5, 0.6) is 0 Å². The highest BCUT2D eigenvalue weighted by Gasteiger charge is 2.52. The molecular weight excluding hydrogens is 248 g/mol. The minimum atomic E-state index is -5.31. The summed E-state index contributed by atoms with van der Waals surface area (Å²) in [7, 11) is -3.10.